The van der Waals surface area contributed by atoms with Gasteiger partial charge in [0.05, 0.1) is 17.6 Å². The van der Waals surface area contributed by atoms with Gasteiger partial charge in [-0.25, -0.2) is 14.4 Å². The van der Waals surface area contributed by atoms with Gasteiger partial charge >= 0.3 is 0 Å². The molecule has 1 heterocycles. The van der Waals surface area contributed by atoms with Crippen LogP contribution in [0.25, 0.3) is 0 Å². The molecule has 0 amide bonds. The van der Waals surface area contributed by atoms with Crippen molar-refractivity contribution in [3.8, 4) is 0 Å². The van der Waals surface area contributed by atoms with Gasteiger partial charge in [-0.2, -0.15) is 0 Å². The van der Waals surface area contributed by atoms with Crippen LogP contribution in [-0.2, 0) is 6.67 Å². The van der Waals surface area contributed by atoms with Crippen LogP contribution in [0.1, 0.15) is 5.69 Å². The van der Waals surface area contributed by atoms with Gasteiger partial charge in [0, 0.05) is 0 Å². The van der Waals surface area contributed by atoms with Crippen LogP contribution in [-0.4, -0.2) is 9.97 Å². The van der Waals surface area contributed by atoms with Crippen LogP contribution in [0.3, 0.4) is 0 Å². The van der Waals surface area contributed by atoms with Crippen molar-refractivity contribution < 1.29 is 4.39 Å². The largest absolute Gasteiger partial charge is 0.396 e. The average molecular weight is 127 g/mol. The van der Waals surface area contributed by atoms with Crippen LogP contribution in [0.4, 0.5) is 10.1 Å². The molecule has 0 fully saturated rings. The number of hydrogen-bond donors (Lipinski definition) is 1. The van der Waals surface area contributed by atoms with E-state index in [-0.39, 0.29) is 5.69 Å². The van der Waals surface area contributed by atoms with Gasteiger partial charge in [-0.3, -0.25) is 0 Å². The van der Waals surface area contributed by atoms with Gasteiger partial charge in [-0.05, 0) is 0 Å². The van der Waals surface area contributed by atoms with E-state index in [1.54, 1.807) is 0 Å². The quantitative estimate of drug-likeness (QED) is 0.598. The molecule has 48 valence electrons. The van der Waals surface area contributed by atoms with Crippen molar-refractivity contribution in [2.24, 2.45) is 0 Å². The van der Waals surface area contributed by atoms with Gasteiger partial charge in [0.1, 0.15) is 13.0 Å². The number of alkyl halides is 1. The normalized spacial score (nSPS) is 9.44. The molecule has 0 saturated heterocycles. The van der Waals surface area contributed by atoms with Gasteiger partial charge in [0.25, 0.3) is 0 Å². The van der Waals surface area contributed by atoms with Crippen molar-refractivity contribution >= 4 is 5.69 Å². The van der Waals surface area contributed by atoms with Crippen LogP contribution in [0.15, 0.2) is 12.5 Å². The third kappa shape index (κ3) is 1.13. The Labute approximate surface area is 51.7 Å². The molecule has 0 atom stereocenters. The van der Waals surface area contributed by atoms with Crippen LogP contribution >= 0.6 is 0 Å². The SMILES string of the molecule is Nc1cncnc1CF. The van der Waals surface area contributed by atoms with Crippen LogP contribution < -0.4 is 5.73 Å². The predicted molar refractivity (Wildman–Crippen MR) is 31.3 cm³/mol. The summed E-state index contributed by atoms with van der Waals surface area (Å²) in [7, 11) is 0. The van der Waals surface area contributed by atoms with E-state index in [9.17, 15) is 4.39 Å². The molecule has 2 N–H and O–H groups in total. The highest BCUT2D eigenvalue weighted by Gasteiger charge is 1.95. The second-order valence-corrected chi connectivity index (χ2v) is 1.56. The highest BCUT2D eigenvalue weighted by Crippen LogP contribution is 2.04. The summed E-state index contributed by atoms with van der Waals surface area (Å²) < 4.78 is 11.8. The molecular weight excluding hydrogens is 121 g/mol. The summed E-state index contributed by atoms with van der Waals surface area (Å²) in [5.74, 6) is 0. The molecule has 0 aromatic carbocycles. The van der Waals surface area contributed by atoms with Gasteiger partial charge in [0.2, 0.25) is 0 Å². The van der Waals surface area contributed by atoms with E-state index >= 15 is 0 Å². The molecule has 0 saturated carbocycles. The average Bonchev–Trinajstić information content (AvgIpc) is 1.89. The van der Waals surface area contributed by atoms with E-state index in [1.807, 2.05) is 0 Å². The monoisotopic (exact) mass is 127 g/mol. The Kier molecular flexibility index (Phi) is 1.58. The van der Waals surface area contributed by atoms with Crippen molar-refractivity contribution in [1.29, 1.82) is 0 Å². The van der Waals surface area contributed by atoms with E-state index in [0.29, 0.717) is 5.69 Å². The lowest BCUT2D eigenvalue weighted by molar-refractivity contribution is 0.476. The first-order chi connectivity index (χ1) is 4.34. The molecule has 4 heteroatoms. The second-order valence-electron chi connectivity index (χ2n) is 1.56. The van der Waals surface area contributed by atoms with Gasteiger partial charge in [-0.15, -0.1) is 0 Å². The number of hydrogen-bond acceptors (Lipinski definition) is 3. The molecule has 1 rings (SSSR count). The van der Waals surface area contributed by atoms with Crippen LogP contribution in [0, 0.1) is 0 Å². The van der Waals surface area contributed by atoms with Crippen LogP contribution in [0.5, 0.6) is 0 Å². The Bertz CT molecular complexity index is 201. The Morgan fingerprint density at radius 3 is 2.89 bits per heavy atom. The highest BCUT2D eigenvalue weighted by molar-refractivity contribution is 5.38. The van der Waals surface area contributed by atoms with Gasteiger partial charge < -0.3 is 5.73 Å². The molecule has 0 aliphatic heterocycles. The Hall–Kier alpha value is -1.19. The van der Waals surface area contributed by atoms with Crippen molar-refractivity contribution in [2.75, 3.05) is 5.73 Å². The Morgan fingerprint density at radius 1 is 1.67 bits per heavy atom. The van der Waals surface area contributed by atoms with Crippen molar-refractivity contribution in [3.05, 3.63) is 18.2 Å². The summed E-state index contributed by atoms with van der Waals surface area (Å²) in [6.07, 6.45) is 2.65. The van der Waals surface area contributed by atoms with E-state index in [2.05, 4.69) is 9.97 Å². The number of halogens is 1. The van der Waals surface area contributed by atoms with E-state index < -0.39 is 6.67 Å². The molecule has 0 aliphatic carbocycles. The molecule has 0 spiro atoms. The fourth-order valence-electron chi connectivity index (χ4n) is 0.477. The summed E-state index contributed by atoms with van der Waals surface area (Å²) in [6, 6.07) is 0. The zero-order valence-electron chi connectivity index (χ0n) is 4.71. The summed E-state index contributed by atoms with van der Waals surface area (Å²) in [5.41, 5.74) is 5.83. The van der Waals surface area contributed by atoms with Crippen molar-refractivity contribution in [3.63, 3.8) is 0 Å². The number of nitrogens with zero attached hydrogens (tertiary/aromatic N) is 2. The molecular formula is C5H6FN3. The zero-order chi connectivity index (χ0) is 6.69. The van der Waals surface area contributed by atoms with Crippen LogP contribution in [0.2, 0.25) is 0 Å². The Balaban J connectivity index is 3.01. The number of nitrogens with two attached hydrogens (primary N) is 1. The van der Waals surface area contributed by atoms with Gasteiger partial charge in [-0.1, -0.05) is 0 Å². The number of rotatable bonds is 1. The van der Waals surface area contributed by atoms with E-state index in [0.717, 1.165) is 0 Å². The minimum absolute atomic E-state index is 0.255. The zero-order valence-corrected chi connectivity index (χ0v) is 4.71. The summed E-state index contributed by atoms with van der Waals surface area (Å²) in [4.78, 5) is 7.18. The lowest BCUT2D eigenvalue weighted by atomic mass is 10.4. The predicted octanol–water partition coefficient (Wildman–Crippen LogP) is 0.528. The lowest BCUT2D eigenvalue weighted by Gasteiger charge is -1.94. The number of aromatic nitrogens is 2. The first kappa shape index (κ1) is 5.94. The topological polar surface area (TPSA) is 51.8 Å². The maximum absolute atomic E-state index is 11.8. The fourth-order valence-corrected chi connectivity index (χ4v) is 0.477. The molecule has 0 bridgehead atoms. The number of nitrogen functional groups attached to an aromatic ring is 1. The number of anilines is 1. The van der Waals surface area contributed by atoms with Crippen molar-refractivity contribution in [1.82, 2.24) is 9.97 Å². The molecule has 1 aromatic heterocycles. The molecule has 3 nitrogen and oxygen atoms in total. The maximum Gasteiger partial charge on any atom is 0.134 e. The first-order valence-corrected chi connectivity index (χ1v) is 2.45. The van der Waals surface area contributed by atoms with Gasteiger partial charge in [0.15, 0.2) is 0 Å². The summed E-state index contributed by atoms with van der Waals surface area (Å²) in [6.45, 7) is -0.631. The highest BCUT2D eigenvalue weighted by atomic mass is 19.1. The minimum atomic E-state index is -0.631. The second kappa shape index (κ2) is 2.39. The minimum Gasteiger partial charge on any atom is -0.396 e. The van der Waals surface area contributed by atoms with E-state index in [1.165, 1.54) is 12.5 Å². The Morgan fingerprint density at radius 2 is 2.44 bits per heavy atom. The standard InChI is InChI=1S/C5H6FN3/c6-1-5-4(7)2-8-3-9-5/h2-3H,1,7H2. The molecule has 0 aliphatic rings. The molecule has 1 aromatic rings. The molecule has 0 unspecified atom stereocenters. The summed E-state index contributed by atoms with van der Waals surface area (Å²) >= 11 is 0. The maximum atomic E-state index is 11.8. The lowest BCUT2D eigenvalue weighted by Crippen LogP contribution is -1.95. The molecule has 9 heavy (non-hydrogen) atoms. The fraction of sp³-hybridized carbons (Fsp3) is 0.200. The van der Waals surface area contributed by atoms with E-state index in [4.69, 9.17) is 5.73 Å². The smallest absolute Gasteiger partial charge is 0.134 e. The summed E-state index contributed by atoms with van der Waals surface area (Å²) in [5, 5.41) is 0. The third-order valence-electron chi connectivity index (χ3n) is 0.954. The third-order valence-corrected chi connectivity index (χ3v) is 0.954. The van der Waals surface area contributed by atoms with Crippen molar-refractivity contribution in [2.45, 2.75) is 6.67 Å². The first-order valence-electron chi connectivity index (χ1n) is 2.45. The molecule has 0 radical (unpaired) electrons.